The summed E-state index contributed by atoms with van der Waals surface area (Å²) >= 11 is 0. The Kier molecular flexibility index (Phi) is 2.66. The van der Waals surface area contributed by atoms with Gasteiger partial charge in [-0.2, -0.15) is 0 Å². The van der Waals surface area contributed by atoms with Crippen molar-refractivity contribution in [3.05, 3.63) is 23.8 Å². The number of phenols is 1. The maximum absolute atomic E-state index is 10.3. The Bertz CT molecular complexity index is 282. The second-order valence-corrected chi connectivity index (χ2v) is 2.12. The van der Waals surface area contributed by atoms with E-state index in [0.29, 0.717) is 11.8 Å². The zero-order valence-corrected chi connectivity index (χ0v) is 6.23. The van der Waals surface area contributed by atoms with Crippen LogP contribution >= 0.6 is 0 Å². The lowest BCUT2D eigenvalue weighted by Crippen LogP contribution is -1.95. The average molecular weight is 168 g/mol. The third-order valence-electron chi connectivity index (χ3n) is 1.34. The van der Waals surface area contributed by atoms with E-state index in [9.17, 15) is 4.79 Å². The van der Waals surface area contributed by atoms with E-state index < -0.39 is 6.79 Å². The lowest BCUT2D eigenvalue weighted by atomic mass is 10.2. The fourth-order valence-electron chi connectivity index (χ4n) is 0.789. The summed E-state index contributed by atoms with van der Waals surface area (Å²) in [7, 11) is 0. The standard InChI is InChI=1S/C8H8O4/c9-4-6-1-2-7(11)8(3-6)12-5-10/h1-4,10-11H,5H2. The van der Waals surface area contributed by atoms with Gasteiger partial charge in [0, 0.05) is 5.56 Å². The molecule has 0 spiro atoms. The van der Waals surface area contributed by atoms with Gasteiger partial charge in [0.25, 0.3) is 0 Å². The molecule has 0 unspecified atom stereocenters. The van der Waals surface area contributed by atoms with Crippen LogP contribution in [0.5, 0.6) is 11.5 Å². The van der Waals surface area contributed by atoms with Crippen molar-refractivity contribution in [2.24, 2.45) is 0 Å². The Morgan fingerprint density at radius 2 is 2.25 bits per heavy atom. The number of ether oxygens (including phenoxy) is 1. The molecule has 0 saturated heterocycles. The summed E-state index contributed by atoms with van der Waals surface area (Å²) in [4.78, 5) is 10.3. The van der Waals surface area contributed by atoms with Crippen LogP contribution in [-0.4, -0.2) is 23.3 Å². The normalized spacial score (nSPS) is 9.42. The van der Waals surface area contributed by atoms with Crippen molar-refractivity contribution in [2.75, 3.05) is 6.79 Å². The van der Waals surface area contributed by atoms with Gasteiger partial charge in [-0.05, 0) is 18.2 Å². The lowest BCUT2D eigenvalue weighted by Gasteiger charge is -2.04. The van der Waals surface area contributed by atoms with E-state index in [-0.39, 0.29) is 11.5 Å². The Morgan fingerprint density at radius 3 is 2.83 bits per heavy atom. The molecular weight excluding hydrogens is 160 g/mol. The number of phenolic OH excluding ortho intramolecular Hbond substituents is 1. The molecule has 0 aliphatic carbocycles. The Balaban J connectivity index is 2.99. The van der Waals surface area contributed by atoms with Crippen LogP contribution < -0.4 is 4.74 Å². The highest BCUT2D eigenvalue weighted by Crippen LogP contribution is 2.25. The summed E-state index contributed by atoms with van der Waals surface area (Å²) in [5.74, 6) is -0.00301. The number of aliphatic hydroxyl groups excluding tert-OH is 1. The molecule has 4 heteroatoms. The van der Waals surface area contributed by atoms with Crippen molar-refractivity contribution >= 4 is 6.29 Å². The van der Waals surface area contributed by atoms with E-state index in [1.165, 1.54) is 18.2 Å². The molecule has 0 saturated carbocycles. The highest BCUT2D eigenvalue weighted by Gasteiger charge is 2.02. The summed E-state index contributed by atoms with van der Waals surface area (Å²) in [6.45, 7) is -0.532. The number of aldehydes is 1. The van der Waals surface area contributed by atoms with Crippen LogP contribution in [0.25, 0.3) is 0 Å². The molecule has 4 nitrogen and oxygen atoms in total. The monoisotopic (exact) mass is 168 g/mol. The Labute approximate surface area is 69.0 Å². The minimum Gasteiger partial charge on any atom is -0.504 e. The van der Waals surface area contributed by atoms with E-state index in [1.807, 2.05) is 0 Å². The highest BCUT2D eigenvalue weighted by atomic mass is 16.6. The van der Waals surface area contributed by atoms with Crippen LogP contribution in [0.3, 0.4) is 0 Å². The molecule has 0 heterocycles. The quantitative estimate of drug-likeness (QED) is 0.510. The predicted molar refractivity (Wildman–Crippen MR) is 41.2 cm³/mol. The molecule has 0 fully saturated rings. The molecule has 12 heavy (non-hydrogen) atoms. The molecule has 1 rings (SSSR count). The van der Waals surface area contributed by atoms with Crippen molar-refractivity contribution in [3.63, 3.8) is 0 Å². The number of carbonyl (C=O) groups is 1. The van der Waals surface area contributed by atoms with Crippen LogP contribution in [0.2, 0.25) is 0 Å². The third-order valence-corrected chi connectivity index (χ3v) is 1.34. The van der Waals surface area contributed by atoms with Crippen molar-refractivity contribution in [1.29, 1.82) is 0 Å². The summed E-state index contributed by atoms with van der Waals surface area (Å²) < 4.78 is 4.63. The first kappa shape index (κ1) is 8.55. The van der Waals surface area contributed by atoms with E-state index >= 15 is 0 Å². The highest BCUT2D eigenvalue weighted by molar-refractivity contribution is 5.76. The van der Waals surface area contributed by atoms with Gasteiger partial charge in [-0.3, -0.25) is 4.79 Å². The number of rotatable bonds is 3. The van der Waals surface area contributed by atoms with Crippen LogP contribution in [0.15, 0.2) is 18.2 Å². The average Bonchev–Trinajstić information content (AvgIpc) is 2.09. The summed E-state index contributed by atoms with van der Waals surface area (Å²) in [5, 5.41) is 17.5. The molecule has 1 aromatic rings. The van der Waals surface area contributed by atoms with Crippen molar-refractivity contribution in [2.45, 2.75) is 0 Å². The summed E-state index contributed by atoms with van der Waals surface area (Å²) in [5.41, 5.74) is 0.385. The van der Waals surface area contributed by atoms with Gasteiger partial charge in [0.2, 0.25) is 0 Å². The van der Waals surface area contributed by atoms with Gasteiger partial charge in [0.05, 0.1) is 0 Å². The van der Waals surface area contributed by atoms with E-state index in [4.69, 9.17) is 10.2 Å². The number of hydrogen-bond acceptors (Lipinski definition) is 4. The fourth-order valence-corrected chi connectivity index (χ4v) is 0.789. The summed E-state index contributed by atoms with van der Waals surface area (Å²) in [6, 6.07) is 4.12. The predicted octanol–water partition coefficient (Wildman–Crippen LogP) is 0.533. The van der Waals surface area contributed by atoms with Gasteiger partial charge in [-0.1, -0.05) is 0 Å². The molecule has 0 bridgehead atoms. The smallest absolute Gasteiger partial charge is 0.186 e. The lowest BCUT2D eigenvalue weighted by molar-refractivity contribution is 0.0951. The first-order chi connectivity index (χ1) is 5.77. The van der Waals surface area contributed by atoms with Crippen molar-refractivity contribution in [3.8, 4) is 11.5 Å². The number of carbonyl (C=O) groups excluding carboxylic acids is 1. The van der Waals surface area contributed by atoms with Gasteiger partial charge < -0.3 is 14.9 Å². The number of hydrogen-bond donors (Lipinski definition) is 2. The first-order valence-corrected chi connectivity index (χ1v) is 3.30. The van der Waals surface area contributed by atoms with E-state index in [2.05, 4.69) is 4.74 Å². The number of aromatic hydroxyl groups is 1. The Morgan fingerprint density at radius 1 is 1.50 bits per heavy atom. The Hall–Kier alpha value is -1.55. The maximum Gasteiger partial charge on any atom is 0.186 e. The van der Waals surface area contributed by atoms with Gasteiger partial charge in [-0.25, -0.2) is 0 Å². The van der Waals surface area contributed by atoms with Gasteiger partial charge in [0.15, 0.2) is 18.3 Å². The van der Waals surface area contributed by atoms with Gasteiger partial charge >= 0.3 is 0 Å². The van der Waals surface area contributed by atoms with Crippen molar-refractivity contribution in [1.82, 2.24) is 0 Å². The first-order valence-electron chi connectivity index (χ1n) is 3.30. The van der Waals surface area contributed by atoms with E-state index in [0.717, 1.165) is 0 Å². The molecule has 0 radical (unpaired) electrons. The van der Waals surface area contributed by atoms with Crippen LogP contribution in [0, 0.1) is 0 Å². The maximum atomic E-state index is 10.3. The number of aliphatic hydroxyl groups is 1. The topological polar surface area (TPSA) is 66.8 Å². The molecule has 0 aliphatic heterocycles. The minimum atomic E-state index is -0.532. The molecular formula is C8H8O4. The second kappa shape index (κ2) is 3.73. The van der Waals surface area contributed by atoms with Crippen LogP contribution in [-0.2, 0) is 0 Å². The summed E-state index contributed by atoms with van der Waals surface area (Å²) in [6.07, 6.45) is 0.629. The van der Waals surface area contributed by atoms with Crippen LogP contribution in [0.4, 0.5) is 0 Å². The molecule has 0 atom stereocenters. The minimum absolute atomic E-state index is 0.0992. The van der Waals surface area contributed by atoms with Crippen LogP contribution in [0.1, 0.15) is 10.4 Å². The fraction of sp³-hybridized carbons (Fsp3) is 0.125. The largest absolute Gasteiger partial charge is 0.504 e. The van der Waals surface area contributed by atoms with Gasteiger partial charge in [-0.15, -0.1) is 0 Å². The molecule has 0 amide bonds. The van der Waals surface area contributed by atoms with Crippen molar-refractivity contribution < 1.29 is 19.7 Å². The SMILES string of the molecule is O=Cc1ccc(O)c(OCO)c1. The number of benzene rings is 1. The zero-order valence-electron chi connectivity index (χ0n) is 6.23. The molecule has 2 N–H and O–H groups in total. The molecule has 1 aromatic carbocycles. The molecule has 0 aliphatic rings. The second-order valence-electron chi connectivity index (χ2n) is 2.12. The zero-order chi connectivity index (χ0) is 8.97. The molecule has 64 valence electrons. The van der Waals surface area contributed by atoms with E-state index in [1.54, 1.807) is 0 Å². The molecule has 0 aromatic heterocycles. The third kappa shape index (κ3) is 1.73. The van der Waals surface area contributed by atoms with Gasteiger partial charge in [0.1, 0.15) is 6.29 Å².